The summed E-state index contributed by atoms with van der Waals surface area (Å²) in [5.41, 5.74) is -3.43. The third-order valence-corrected chi connectivity index (χ3v) is 4.50. The standard InChI is InChI=1S/C24H35N3O6/c1-21(2,3)17-24(10,18(28)26(25-17)16-14-12-11-13-15-16)27(19(29)31-22(4,5)6)33-20(30)32-23(7,8)9/h11-15H,1-10H3. The zero-order chi connectivity index (χ0) is 25.4. The first-order valence-electron chi connectivity index (χ1n) is 10.8. The van der Waals surface area contributed by atoms with E-state index in [4.69, 9.17) is 14.3 Å². The molecule has 1 unspecified atom stereocenters. The van der Waals surface area contributed by atoms with E-state index in [0.717, 1.165) is 0 Å². The lowest BCUT2D eigenvalue weighted by Gasteiger charge is -2.38. The average molecular weight is 462 g/mol. The predicted octanol–water partition coefficient (Wildman–Crippen LogP) is 5.30. The summed E-state index contributed by atoms with van der Waals surface area (Å²) in [5, 5.41) is 6.41. The Kier molecular flexibility index (Phi) is 6.88. The van der Waals surface area contributed by atoms with Crippen molar-refractivity contribution in [2.75, 3.05) is 5.01 Å². The van der Waals surface area contributed by atoms with Crippen molar-refractivity contribution in [1.29, 1.82) is 0 Å². The van der Waals surface area contributed by atoms with Crippen LogP contribution in [0.2, 0.25) is 0 Å². The molecule has 9 heteroatoms. The van der Waals surface area contributed by atoms with Crippen molar-refractivity contribution in [2.24, 2.45) is 10.5 Å². The van der Waals surface area contributed by atoms with Gasteiger partial charge in [-0.15, -0.1) is 5.06 Å². The van der Waals surface area contributed by atoms with E-state index in [1.54, 1.807) is 65.8 Å². The van der Waals surface area contributed by atoms with E-state index in [1.165, 1.54) is 11.9 Å². The molecule has 1 aromatic carbocycles. The molecule has 1 atom stereocenters. The van der Waals surface area contributed by atoms with E-state index in [-0.39, 0.29) is 0 Å². The maximum atomic E-state index is 13.8. The Morgan fingerprint density at radius 3 is 1.88 bits per heavy atom. The maximum Gasteiger partial charge on any atom is 0.534 e. The predicted molar refractivity (Wildman–Crippen MR) is 125 cm³/mol. The molecule has 0 saturated heterocycles. The van der Waals surface area contributed by atoms with Crippen LogP contribution in [0.3, 0.4) is 0 Å². The fraction of sp³-hybridized carbons (Fsp3) is 0.583. The van der Waals surface area contributed by atoms with Crippen LogP contribution in [-0.4, -0.2) is 45.7 Å². The van der Waals surface area contributed by atoms with Gasteiger partial charge in [0, 0.05) is 5.41 Å². The number of amides is 2. The molecule has 2 amide bonds. The molecule has 0 fully saturated rings. The Balaban J connectivity index is 2.61. The lowest BCUT2D eigenvalue weighted by Crippen LogP contribution is -2.63. The molecule has 0 aliphatic carbocycles. The van der Waals surface area contributed by atoms with E-state index in [1.807, 2.05) is 26.8 Å². The maximum absolute atomic E-state index is 13.8. The summed E-state index contributed by atoms with van der Waals surface area (Å²) in [4.78, 5) is 45.0. The van der Waals surface area contributed by atoms with Gasteiger partial charge in [0.2, 0.25) is 5.54 Å². The molecule has 0 radical (unpaired) electrons. The number of hydrazone groups is 1. The van der Waals surface area contributed by atoms with Gasteiger partial charge in [-0.05, 0) is 60.6 Å². The van der Waals surface area contributed by atoms with E-state index in [2.05, 4.69) is 5.10 Å². The molecular formula is C24H35N3O6. The van der Waals surface area contributed by atoms with Gasteiger partial charge in [0.1, 0.15) is 11.2 Å². The van der Waals surface area contributed by atoms with Crippen molar-refractivity contribution in [3.8, 4) is 0 Å². The first kappa shape index (κ1) is 26.2. The molecule has 1 aliphatic heterocycles. The number of anilines is 1. The van der Waals surface area contributed by atoms with Crippen LogP contribution in [0.4, 0.5) is 15.3 Å². The fourth-order valence-corrected chi connectivity index (χ4v) is 3.32. The van der Waals surface area contributed by atoms with Crippen LogP contribution in [-0.2, 0) is 19.1 Å². The minimum absolute atomic E-state index is 0.318. The quantitative estimate of drug-likeness (QED) is 0.438. The molecule has 1 heterocycles. The number of rotatable bonds is 2. The smallest absolute Gasteiger partial charge is 0.442 e. The van der Waals surface area contributed by atoms with Crippen molar-refractivity contribution in [1.82, 2.24) is 5.06 Å². The highest BCUT2D eigenvalue weighted by Crippen LogP contribution is 2.39. The molecule has 9 nitrogen and oxygen atoms in total. The van der Waals surface area contributed by atoms with E-state index in [0.29, 0.717) is 16.5 Å². The summed E-state index contributed by atoms with van der Waals surface area (Å²) in [5.74, 6) is -0.576. The second-order valence-electron chi connectivity index (χ2n) is 11.1. The molecule has 0 bridgehead atoms. The second-order valence-corrected chi connectivity index (χ2v) is 11.1. The first-order valence-corrected chi connectivity index (χ1v) is 10.8. The van der Waals surface area contributed by atoms with Gasteiger partial charge >= 0.3 is 12.2 Å². The molecule has 33 heavy (non-hydrogen) atoms. The van der Waals surface area contributed by atoms with E-state index in [9.17, 15) is 14.4 Å². The van der Waals surface area contributed by atoms with Gasteiger partial charge in [0.25, 0.3) is 5.91 Å². The Hall–Kier alpha value is -3.10. The Labute approximate surface area is 195 Å². The molecular weight excluding hydrogens is 426 g/mol. The Bertz CT molecular complexity index is 938. The number of ether oxygens (including phenoxy) is 2. The van der Waals surface area contributed by atoms with Gasteiger partial charge in [-0.3, -0.25) is 9.63 Å². The van der Waals surface area contributed by atoms with Gasteiger partial charge in [-0.2, -0.15) is 10.1 Å². The third kappa shape index (κ3) is 6.03. The zero-order valence-electron chi connectivity index (χ0n) is 21.2. The van der Waals surface area contributed by atoms with Gasteiger partial charge in [-0.1, -0.05) is 39.0 Å². The number of benzene rings is 1. The molecule has 2 rings (SSSR count). The summed E-state index contributed by atoms with van der Waals surface area (Å²) < 4.78 is 10.7. The van der Waals surface area contributed by atoms with Gasteiger partial charge in [0.05, 0.1) is 11.4 Å². The zero-order valence-corrected chi connectivity index (χ0v) is 21.2. The van der Waals surface area contributed by atoms with Crippen molar-refractivity contribution >= 4 is 29.6 Å². The van der Waals surface area contributed by atoms with E-state index < -0.39 is 40.3 Å². The molecule has 0 N–H and O–H groups in total. The number of hydroxylamine groups is 2. The minimum Gasteiger partial charge on any atom is -0.442 e. The van der Waals surface area contributed by atoms with E-state index >= 15 is 0 Å². The molecule has 0 spiro atoms. The van der Waals surface area contributed by atoms with Crippen LogP contribution < -0.4 is 5.01 Å². The van der Waals surface area contributed by atoms with Crippen molar-refractivity contribution < 1.29 is 28.7 Å². The number of para-hydroxylation sites is 1. The first-order chi connectivity index (χ1) is 14.9. The molecule has 182 valence electrons. The van der Waals surface area contributed by atoms with Gasteiger partial charge in [-0.25, -0.2) is 9.59 Å². The van der Waals surface area contributed by atoms with Crippen LogP contribution in [0, 0.1) is 5.41 Å². The number of hydrogen-bond acceptors (Lipinski definition) is 7. The highest BCUT2D eigenvalue weighted by atomic mass is 16.8. The van der Waals surface area contributed by atoms with Crippen molar-refractivity contribution in [3.63, 3.8) is 0 Å². The summed E-state index contributed by atoms with van der Waals surface area (Å²) in [6.07, 6.45) is -2.16. The molecule has 0 saturated carbocycles. The van der Waals surface area contributed by atoms with Gasteiger partial charge < -0.3 is 9.47 Å². The number of nitrogens with zero attached hydrogens (tertiary/aromatic N) is 3. The summed E-state index contributed by atoms with van der Waals surface area (Å²) in [6.45, 7) is 17.0. The number of carbonyl (C=O) groups is 3. The van der Waals surface area contributed by atoms with Crippen molar-refractivity contribution in [2.45, 2.75) is 86.0 Å². The van der Waals surface area contributed by atoms with Crippen LogP contribution in [0.1, 0.15) is 69.2 Å². The number of carbonyl (C=O) groups excluding carboxylic acids is 3. The van der Waals surface area contributed by atoms with Crippen LogP contribution in [0.5, 0.6) is 0 Å². The Morgan fingerprint density at radius 2 is 1.42 bits per heavy atom. The van der Waals surface area contributed by atoms with Crippen LogP contribution in [0.25, 0.3) is 0 Å². The molecule has 1 aromatic rings. The topological polar surface area (TPSA) is 97.7 Å². The average Bonchev–Trinajstić information content (AvgIpc) is 2.90. The van der Waals surface area contributed by atoms with Gasteiger partial charge in [0.15, 0.2) is 0 Å². The third-order valence-electron chi connectivity index (χ3n) is 4.50. The van der Waals surface area contributed by atoms with Crippen LogP contribution in [0.15, 0.2) is 35.4 Å². The fourth-order valence-electron chi connectivity index (χ4n) is 3.32. The highest BCUT2D eigenvalue weighted by Gasteiger charge is 2.60. The van der Waals surface area contributed by atoms with Crippen molar-refractivity contribution in [3.05, 3.63) is 30.3 Å². The normalized spacial score (nSPS) is 19.2. The summed E-state index contributed by atoms with van der Waals surface area (Å²) >= 11 is 0. The molecule has 1 aliphatic rings. The SMILES string of the molecule is CC(C)(C)OC(=O)ON(C(=O)OC(C)(C)C)C1(C)C(=O)N(c2ccccc2)N=C1C(C)(C)C. The lowest BCUT2D eigenvalue weighted by atomic mass is 9.78. The summed E-state index contributed by atoms with van der Waals surface area (Å²) in [7, 11) is 0. The lowest BCUT2D eigenvalue weighted by molar-refractivity contribution is -0.172. The van der Waals surface area contributed by atoms with Crippen LogP contribution >= 0.6 is 0 Å². The Morgan fingerprint density at radius 1 is 0.909 bits per heavy atom. The molecule has 0 aromatic heterocycles. The monoisotopic (exact) mass is 461 g/mol. The number of hydrogen-bond donors (Lipinski definition) is 0. The second kappa shape index (κ2) is 8.68. The highest BCUT2D eigenvalue weighted by molar-refractivity contribution is 6.25. The largest absolute Gasteiger partial charge is 0.534 e. The minimum atomic E-state index is -1.78. The summed E-state index contributed by atoms with van der Waals surface area (Å²) in [6, 6.07) is 8.80.